The highest BCUT2D eigenvalue weighted by Gasteiger charge is 2.33. The highest BCUT2D eigenvalue weighted by atomic mass is 19.1. The van der Waals surface area contributed by atoms with Gasteiger partial charge in [0.25, 0.3) is 5.91 Å². The molecule has 0 bridgehead atoms. The van der Waals surface area contributed by atoms with Gasteiger partial charge in [0, 0.05) is 25.6 Å². The smallest absolute Gasteiger partial charge is 0.260 e. The Morgan fingerprint density at radius 2 is 2.03 bits per heavy atom. The SMILES string of the molecule is CC(C)C(=O)N1CCc2ccc(OC(C)C(=O)NCC3CCCO3)cc2C1c1cccc(F)c1. The molecule has 3 unspecified atom stereocenters. The summed E-state index contributed by atoms with van der Waals surface area (Å²) in [6, 6.07) is 11.7. The van der Waals surface area contributed by atoms with Crippen molar-refractivity contribution in [1.82, 2.24) is 10.2 Å². The topological polar surface area (TPSA) is 67.9 Å². The molecule has 0 saturated carbocycles. The van der Waals surface area contributed by atoms with Crippen LogP contribution < -0.4 is 10.1 Å². The van der Waals surface area contributed by atoms with Gasteiger partial charge in [-0.05, 0) is 67.1 Å². The second-order valence-corrected chi connectivity index (χ2v) is 9.39. The van der Waals surface area contributed by atoms with Crippen LogP contribution in [0.3, 0.4) is 0 Å². The minimum Gasteiger partial charge on any atom is -0.481 e. The van der Waals surface area contributed by atoms with E-state index in [1.54, 1.807) is 13.0 Å². The number of benzene rings is 2. The standard InChI is InChI=1S/C27H33FN2O4/c1-17(2)27(32)30-12-11-19-9-10-22(15-24(19)25(30)20-6-4-7-21(28)14-20)34-18(3)26(31)29-16-23-8-5-13-33-23/h4,6-7,9-10,14-15,17-18,23,25H,5,8,11-13,16H2,1-3H3,(H,29,31). The molecule has 1 fully saturated rings. The molecule has 2 heterocycles. The number of ether oxygens (including phenoxy) is 2. The molecule has 6 nitrogen and oxygen atoms in total. The minimum absolute atomic E-state index is 0.0214. The maximum Gasteiger partial charge on any atom is 0.260 e. The number of nitrogens with one attached hydrogen (secondary N) is 1. The molecule has 4 rings (SSSR count). The van der Waals surface area contributed by atoms with Crippen LogP contribution in [0.5, 0.6) is 5.75 Å². The lowest BCUT2D eigenvalue weighted by Gasteiger charge is -2.39. The Kier molecular flexibility index (Phi) is 7.51. The molecule has 2 amide bonds. The second-order valence-electron chi connectivity index (χ2n) is 9.39. The fourth-order valence-corrected chi connectivity index (χ4v) is 4.69. The van der Waals surface area contributed by atoms with Gasteiger partial charge in [0.15, 0.2) is 6.10 Å². The van der Waals surface area contributed by atoms with Crippen LogP contribution in [0.2, 0.25) is 0 Å². The van der Waals surface area contributed by atoms with Gasteiger partial charge in [-0.1, -0.05) is 32.0 Å². The van der Waals surface area contributed by atoms with Crippen molar-refractivity contribution in [3.8, 4) is 5.75 Å². The highest BCUT2D eigenvalue weighted by Crippen LogP contribution is 2.38. The maximum atomic E-state index is 14.1. The van der Waals surface area contributed by atoms with E-state index in [2.05, 4.69) is 5.32 Å². The Labute approximate surface area is 200 Å². The van der Waals surface area contributed by atoms with Crippen molar-refractivity contribution in [2.45, 2.75) is 58.3 Å². The van der Waals surface area contributed by atoms with Gasteiger partial charge in [0.2, 0.25) is 5.91 Å². The third kappa shape index (κ3) is 5.41. The van der Waals surface area contributed by atoms with E-state index in [0.29, 0.717) is 25.3 Å². The van der Waals surface area contributed by atoms with E-state index in [4.69, 9.17) is 9.47 Å². The number of carbonyl (C=O) groups excluding carboxylic acids is 2. The van der Waals surface area contributed by atoms with Gasteiger partial charge in [0.1, 0.15) is 11.6 Å². The van der Waals surface area contributed by atoms with Crippen molar-refractivity contribution in [3.63, 3.8) is 0 Å². The van der Waals surface area contributed by atoms with Gasteiger partial charge in [-0.15, -0.1) is 0 Å². The van der Waals surface area contributed by atoms with Crippen LogP contribution in [0.15, 0.2) is 42.5 Å². The molecule has 2 aliphatic heterocycles. The molecule has 0 aromatic heterocycles. The van der Waals surface area contributed by atoms with Crippen molar-refractivity contribution in [2.24, 2.45) is 5.92 Å². The number of carbonyl (C=O) groups is 2. The predicted octanol–water partition coefficient (Wildman–Crippen LogP) is 4.02. The van der Waals surface area contributed by atoms with Gasteiger partial charge in [-0.3, -0.25) is 9.59 Å². The van der Waals surface area contributed by atoms with Crippen LogP contribution in [0.4, 0.5) is 4.39 Å². The van der Waals surface area contributed by atoms with Gasteiger partial charge in [0.05, 0.1) is 12.1 Å². The summed E-state index contributed by atoms with van der Waals surface area (Å²) >= 11 is 0. The summed E-state index contributed by atoms with van der Waals surface area (Å²) in [6.45, 7) is 7.24. The molecular formula is C27H33FN2O4. The molecule has 182 valence electrons. The number of rotatable bonds is 7. The molecule has 2 aromatic carbocycles. The quantitative estimate of drug-likeness (QED) is 0.667. The molecule has 1 saturated heterocycles. The molecule has 0 aliphatic carbocycles. The van der Waals surface area contributed by atoms with E-state index < -0.39 is 12.1 Å². The van der Waals surface area contributed by atoms with Crippen molar-refractivity contribution >= 4 is 11.8 Å². The van der Waals surface area contributed by atoms with Gasteiger partial charge in [-0.25, -0.2) is 4.39 Å². The first-order valence-corrected chi connectivity index (χ1v) is 12.1. The fraction of sp³-hybridized carbons (Fsp3) is 0.481. The second kappa shape index (κ2) is 10.6. The van der Waals surface area contributed by atoms with E-state index in [9.17, 15) is 14.0 Å². The fourth-order valence-electron chi connectivity index (χ4n) is 4.69. The van der Waals surface area contributed by atoms with E-state index in [1.165, 1.54) is 12.1 Å². The van der Waals surface area contributed by atoms with Crippen LogP contribution in [0.25, 0.3) is 0 Å². The Morgan fingerprint density at radius 1 is 1.21 bits per heavy atom. The van der Waals surface area contributed by atoms with E-state index in [1.807, 2.05) is 43.0 Å². The zero-order valence-corrected chi connectivity index (χ0v) is 20.1. The predicted molar refractivity (Wildman–Crippen MR) is 127 cm³/mol. The zero-order chi connectivity index (χ0) is 24.2. The molecular weight excluding hydrogens is 435 g/mol. The minimum atomic E-state index is -0.691. The Balaban J connectivity index is 1.57. The summed E-state index contributed by atoms with van der Waals surface area (Å²) in [6.07, 6.45) is 2.05. The van der Waals surface area contributed by atoms with E-state index >= 15 is 0 Å². The number of fused-ring (bicyclic) bond motifs is 1. The lowest BCUT2D eigenvalue weighted by molar-refractivity contribution is -0.136. The van der Waals surface area contributed by atoms with Crippen LogP contribution in [-0.4, -0.2) is 48.6 Å². The lowest BCUT2D eigenvalue weighted by atomic mass is 9.87. The summed E-state index contributed by atoms with van der Waals surface area (Å²) in [5.41, 5.74) is 2.70. The Hall–Kier alpha value is -2.93. The summed E-state index contributed by atoms with van der Waals surface area (Å²) in [5.74, 6) is -0.159. The average Bonchev–Trinajstić information content (AvgIpc) is 3.34. The number of nitrogens with zero attached hydrogens (tertiary/aromatic N) is 1. The monoisotopic (exact) mass is 468 g/mol. The van der Waals surface area contributed by atoms with Crippen molar-refractivity contribution in [2.75, 3.05) is 19.7 Å². The maximum absolute atomic E-state index is 14.1. The molecule has 0 radical (unpaired) electrons. The van der Waals surface area contributed by atoms with E-state index in [-0.39, 0.29) is 29.7 Å². The third-order valence-electron chi connectivity index (χ3n) is 6.50. The largest absolute Gasteiger partial charge is 0.481 e. The molecule has 2 aromatic rings. The van der Waals surface area contributed by atoms with Crippen LogP contribution in [0, 0.1) is 11.7 Å². The van der Waals surface area contributed by atoms with E-state index in [0.717, 1.165) is 36.1 Å². The van der Waals surface area contributed by atoms with Crippen LogP contribution >= 0.6 is 0 Å². The molecule has 7 heteroatoms. The number of hydrogen-bond donors (Lipinski definition) is 1. The first kappa shape index (κ1) is 24.2. The van der Waals surface area contributed by atoms with Gasteiger partial charge >= 0.3 is 0 Å². The average molecular weight is 469 g/mol. The molecule has 3 atom stereocenters. The molecule has 2 aliphatic rings. The van der Waals surface area contributed by atoms with Gasteiger partial charge < -0.3 is 19.7 Å². The summed E-state index contributed by atoms with van der Waals surface area (Å²) in [5, 5.41) is 2.90. The number of amides is 2. The Morgan fingerprint density at radius 3 is 2.74 bits per heavy atom. The lowest BCUT2D eigenvalue weighted by Crippen LogP contribution is -2.42. The molecule has 1 N–H and O–H groups in total. The van der Waals surface area contributed by atoms with Gasteiger partial charge in [-0.2, -0.15) is 0 Å². The number of hydrogen-bond acceptors (Lipinski definition) is 4. The first-order chi connectivity index (χ1) is 16.3. The Bertz CT molecular complexity index is 1040. The highest BCUT2D eigenvalue weighted by molar-refractivity contribution is 5.81. The van der Waals surface area contributed by atoms with Crippen molar-refractivity contribution in [3.05, 3.63) is 65.0 Å². The normalized spacial score (nSPS) is 20.7. The van der Waals surface area contributed by atoms with Crippen LogP contribution in [0.1, 0.15) is 56.3 Å². The van der Waals surface area contributed by atoms with Crippen molar-refractivity contribution in [1.29, 1.82) is 0 Å². The van der Waals surface area contributed by atoms with Crippen molar-refractivity contribution < 1.29 is 23.5 Å². The van der Waals surface area contributed by atoms with Crippen LogP contribution in [-0.2, 0) is 20.7 Å². The molecule has 34 heavy (non-hydrogen) atoms. The third-order valence-corrected chi connectivity index (χ3v) is 6.50. The summed E-state index contributed by atoms with van der Waals surface area (Å²) in [4.78, 5) is 27.4. The number of halogens is 1. The summed E-state index contributed by atoms with van der Waals surface area (Å²) < 4.78 is 25.7. The zero-order valence-electron chi connectivity index (χ0n) is 20.1. The molecule has 0 spiro atoms. The first-order valence-electron chi connectivity index (χ1n) is 12.1. The summed E-state index contributed by atoms with van der Waals surface area (Å²) in [7, 11) is 0.